The Morgan fingerprint density at radius 3 is 2.77 bits per heavy atom. The van der Waals surface area contributed by atoms with E-state index in [1.54, 1.807) is 22.9 Å². The maximum Gasteiger partial charge on any atom is 0.274 e. The van der Waals surface area contributed by atoms with Gasteiger partial charge in [-0.1, -0.05) is 6.07 Å². The molecule has 134 valence electrons. The topological polar surface area (TPSA) is 75.9 Å². The Balaban J connectivity index is 1.72. The van der Waals surface area contributed by atoms with Gasteiger partial charge in [0.2, 0.25) is 0 Å². The lowest BCUT2D eigenvalue weighted by Crippen LogP contribution is -2.31. The molecule has 1 saturated heterocycles. The summed E-state index contributed by atoms with van der Waals surface area (Å²) in [5, 5.41) is 8.29. The second-order valence-corrected chi connectivity index (χ2v) is 7.24. The highest BCUT2D eigenvalue weighted by atomic mass is 79.9. The van der Waals surface area contributed by atoms with Crippen LogP contribution in [0, 0.1) is 0 Å². The highest BCUT2D eigenvalue weighted by Crippen LogP contribution is 2.30. The Morgan fingerprint density at radius 2 is 2.00 bits per heavy atom. The molecule has 26 heavy (non-hydrogen) atoms. The third-order valence-electron chi connectivity index (χ3n) is 4.44. The maximum atomic E-state index is 12.7. The van der Waals surface area contributed by atoms with Gasteiger partial charge in [-0.25, -0.2) is 9.97 Å². The van der Waals surface area contributed by atoms with Crippen molar-refractivity contribution >= 4 is 44.4 Å². The molecule has 4 rings (SSSR count). The van der Waals surface area contributed by atoms with Crippen LogP contribution >= 0.6 is 15.9 Å². The van der Waals surface area contributed by atoms with Crippen molar-refractivity contribution in [3.05, 3.63) is 40.8 Å². The Kier molecular flexibility index (Phi) is 4.58. The first kappa shape index (κ1) is 17.0. The van der Waals surface area contributed by atoms with Crippen LogP contribution in [0.5, 0.6) is 0 Å². The zero-order valence-corrected chi connectivity index (χ0v) is 16.0. The van der Waals surface area contributed by atoms with Crippen molar-refractivity contribution in [3.8, 4) is 0 Å². The van der Waals surface area contributed by atoms with Gasteiger partial charge in [-0.15, -0.1) is 0 Å². The predicted molar refractivity (Wildman–Crippen MR) is 104 cm³/mol. The fraction of sp³-hybridized carbons (Fsp3) is 0.333. The normalized spacial score (nSPS) is 14.6. The van der Waals surface area contributed by atoms with E-state index in [1.165, 1.54) is 6.42 Å². The van der Waals surface area contributed by atoms with Crippen molar-refractivity contribution in [2.24, 2.45) is 7.05 Å². The molecule has 0 radical (unpaired) electrons. The van der Waals surface area contributed by atoms with Gasteiger partial charge in [0.05, 0.1) is 5.69 Å². The Hall–Kier alpha value is -2.48. The number of aryl methyl sites for hydroxylation is 1. The number of nitrogens with one attached hydrogen (secondary N) is 1. The van der Waals surface area contributed by atoms with Crippen LogP contribution in [0.4, 0.5) is 11.5 Å². The first-order valence-corrected chi connectivity index (χ1v) is 9.43. The Bertz CT molecular complexity index is 963. The summed E-state index contributed by atoms with van der Waals surface area (Å²) in [5.74, 6) is 0.522. The minimum absolute atomic E-state index is 0.255. The van der Waals surface area contributed by atoms with E-state index in [0.29, 0.717) is 21.6 Å². The number of aromatic nitrogens is 4. The Labute approximate surface area is 159 Å². The molecule has 1 N–H and O–H groups in total. The number of hydrogen-bond donors (Lipinski definition) is 1. The maximum absolute atomic E-state index is 12.7. The number of anilines is 2. The smallest absolute Gasteiger partial charge is 0.274 e. The van der Waals surface area contributed by atoms with Crippen molar-refractivity contribution in [1.29, 1.82) is 0 Å². The number of hydrogen-bond acceptors (Lipinski definition) is 5. The monoisotopic (exact) mass is 414 g/mol. The Morgan fingerprint density at radius 1 is 1.19 bits per heavy atom. The van der Waals surface area contributed by atoms with E-state index in [2.05, 4.69) is 36.2 Å². The van der Waals surface area contributed by atoms with Crippen molar-refractivity contribution in [3.63, 3.8) is 0 Å². The number of halogens is 1. The standard InChI is InChI=1S/C18H19BrN6O/c1-24-11-12-10-14(21-18(26)13-6-5-7-15(19)20-13)17(22-16(12)23-24)25-8-3-2-4-9-25/h5-7,10-11H,2-4,8-9H2,1H3,(H,21,26). The fourth-order valence-electron chi connectivity index (χ4n) is 3.22. The van der Waals surface area contributed by atoms with Crippen LogP contribution in [-0.4, -0.2) is 38.7 Å². The van der Waals surface area contributed by atoms with Crippen LogP contribution in [0.15, 0.2) is 35.1 Å². The average Bonchev–Trinajstić information content (AvgIpc) is 3.00. The second kappa shape index (κ2) is 7.03. The number of carbonyl (C=O) groups excluding carboxylic acids is 1. The van der Waals surface area contributed by atoms with Crippen LogP contribution in [0.25, 0.3) is 11.0 Å². The molecular weight excluding hydrogens is 396 g/mol. The molecule has 1 aliphatic rings. The summed E-state index contributed by atoms with van der Waals surface area (Å²) in [6.07, 6.45) is 5.38. The molecule has 1 fully saturated rings. The van der Waals surface area contributed by atoms with Gasteiger partial charge in [0, 0.05) is 31.7 Å². The highest BCUT2D eigenvalue weighted by Gasteiger charge is 2.20. The van der Waals surface area contributed by atoms with E-state index < -0.39 is 0 Å². The average molecular weight is 415 g/mol. The van der Waals surface area contributed by atoms with Gasteiger partial charge < -0.3 is 10.2 Å². The molecule has 8 heteroatoms. The van der Waals surface area contributed by atoms with Gasteiger partial charge in [0.1, 0.15) is 10.3 Å². The van der Waals surface area contributed by atoms with Crippen LogP contribution < -0.4 is 10.2 Å². The molecule has 0 atom stereocenters. The second-order valence-electron chi connectivity index (χ2n) is 6.42. The molecule has 0 unspecified atom stereocenters. The number of amides is 1. The molecule has 1 amide bonds. The quantitative estimate of drug-likeness (QED) is 0.664. The van der Waals surface area contributed by atoms with Crippen molar-refractivity contribution < 1.29 is 4.79 Å². The fourth-order valence-corrected chi connectivity index (χ4v) is 3.57. The largest absolute Gasteiger partial charge is 0.355 e. The predicted octanol–water partition coefficient (Wildman–Crippen LogP) is 3.37. The van der Waals surface area contributed by atoms with Crippen LogP contribution in [-0.2, 0) is 7.05 Å². The van der Waals surface area contributed by atoms with E-state index in [1.807, 2.05) is 19.3 Å². The van der Waals surface area contributed by atoms with Crippen molar-refractivity contribution in [2.45, 2.75) is 19.3 Å². The van der Waals surface area contributed by atoms with Gasteiger partial charge in [-0.3, -0.25) is 9.48 Å². The molecular formula is C18H19BrN6O. The van der Waals surface area contributed by atoms with E-state index in [0.717, 1.165) is 37.1 Å². The number of carbonyl (C=O) groups is 1. The number of nitrogens with zero attached hydrogens (tertiary/aromatic N) is 5. The lowest BCUT2D eigenvalue weighted by Gasteiger charge is -2.29. The van der Waals surface area contributed by atoms with Crippen LogP contribution in [0.1, 0.15) is 29.8 Å². The van der Waals surface area contributed by atoms with Gasteiger partial charge in [-0.05, 0) is 53.4 Å². The van der Waals surface area contributed by atoms with Crippen LogP contribution in [0.2, 0.25) is 0 Å². The zero-order valence-electron chi connectivity index (χ0n) is 14.4. The van der Waals surface area contributed by atoms with E-state index in [4.69, 9.17) is 4.98 Å². The molecule has 3 aromatic rings. The molecule has 0 bridgehead atoms. The molecule has 3 aromatic heterocycles. The first-order chi connectivity index (χ1) is 12.6. The molecule has 0 spiro atoms. The number of pyridine rings is 2. The highest BCUT2D eigenvalue weighted by molar-refractivity contribution is 9.10. The van der Waals surface area contributed by atoms with Gasteiger partial charge in [0.15, 0.2) is 11.5 Å². The van der Waals surface area contributed by atoms with E-state index in [9.17, 15) is 4.79 Å². The van der Waals surface area contributed by atoms with E-state index in [-0.39, 0.29) is 5.91 Å². The molecule has 0 aromatic carbocycles. The molecule has 4 heterocycles. The number of piperidine rings is 1. The zero-order chi connectivity index (χ0) is 18.1. The molecule has 0 aliphatic carbocycles. The summed E-state index contributed by atoms with van der Waals surface area (Å²) >= 11 is 3.31. The van der Waals surface area contributed by atoms with Gasteiger partial charge in [0.25, 0.3) is 5.91 Å². The summed E-state index contributed by atoms with van der Waals surface area (Å²) in [4.78, 5) is 23.9. The molecule has 0 saturated carbocycles. The lowest BCUT2D eigenvalue weighted by atomic mass is 10.1. The minimum atomic E-state index is -0.255. The van der Waals surface area contributed by atoms with Gasteiger partial charge in [-0.2, -0.15) is 5.10 Å². The third kappa shape index (κ3) is 3.41. The van der Waals surface area contributed by atoms with Crippen LogP contribution in [0.3, 0.4) is 0 Å². The summed E-state index contributed by atoms with van der Waals surface area (Å²) < 4.78 is 2.36. The SMILES string of the molecule is Cn1cc2cc(NC(=O)c3cccc(Br)n3)c(N3CCCCC3)nc2n1. The number of fused-ring (bicyclic) bond motifs is 1. The summed E-state index contributed by atoms with van der Waals surface area (Å²) in [6.45, 7) is 1.87. The summed E-state index contributed by atoms with van der Waals surface area (Å²) in [5.41, 5.74) is 1.74. The van der Waals surface area contributed by atoms with E-state index >= 15 is 0 Å². The summed E-state index contributed by atoms with van der Waals surface area (Å²) in [6, 6.07) is 7.21. The summed E-state index contributed by atoms with van der Waals surface area (Å²) in [7, 11) is 1.87. The van der Waals surface area contributed by atoms with Crippen molar-refractivity contribution in [2.75, 3.05) is 23.3 Å². The minimum Gasteiger partial charge on any atom is -0.355 e. The lowest BCUT2D eigenvalue weighted by molar-refractivity contribution is 0.102. The van der Waals surface area contributed by atoms with Gasteiger partial charge >= 0.3 is 0 Å². The third-order valence-corrected chi connectivity index (χ3v) is 4.88. The first-order valence-electron chi connectivity index (χ1n) is 8.63. The van der Waals surface area contributed by atoms with Crippen molar-refractivity contribution in [1.82, 2.24) is 19.7 Å². The molecule has 1 aliphatic heterocycles. The molecule has 7 nitrogen and oxygen atoms in total. The number of rotatable bonds is 3.